The van der Waals surface area contributed by atoms with E-state index in [1.807, 2.05) is 24.3 Å². The highest BCUT2D eigenvalue weighted by atomic mass is 16.5. The highest BCUT2D eigenvalue weighted by molar-refractivity contribution is 6.03. The summed E-state index contributed by atoms with van der Waals surface area (Å²) >= 11 is 0. The van der Waals surface area contributed by atoms with E-state index >= 15 is 0 Å². The van der Waals surface area contributed by atoms with E-state index in [0.29, 0.717) is 23.7 Å². The van der Waals surface area contributed by atoms with Gasteiger partial charge in [0.2, 0.25) is 0 Å². The van der Waals surface area contributed by atoms with Crippen LogP contribution in [0.15, 0.2) is 60.9 Å². The Bertz CT molecular complexity index is 986. The fraction of sp³-hybridized carbons (Fsp3) is 0.182. The monoisotopic (exact) mass is 390 g/mol. The van der Waals surface area contributed by atoms with Crippen molar-refractivity contribution in [2.75, 3.05) is 17.2 Å². The molecule has 0 bridgehead atoms. The number of amides is 1. The molecule has 2 aromatic carbocycles. The van der Waals surface area contributed by atoms with Crippen LogP contribution in [-0.4, -0.2) is 28.5 Å². The lowest BCUT2D eigenvalue weighted by Crippen LogP contribution is -2.14. The average Bonchev–Trinajstić information content (AvgIpc) is 2.75. The molecule has 7 heteroatoms. The molecule has 0 atom stereocenters. The first-order chi connectivity index (χ1) is 14.1. The molecule has 3 aromatic rings. The molecule has 0 aliphatic heterocycles. The number of aromatic nitrogens is 2. The van der Waals surface area contributed by atoms with E-state index in [1.165, 1.54) is 11.9 Å². The van der Waals surface area contributed by atoms with E-state index < -0.39 is 0 Å². The molecule has 2 N–H and O–H groups in total. The van der Waals surface area contributed by atoms with Crippen molar-refractivity contribution in [2.45, 2.75) is 20.3 Å². The molecule has 0 unspecified atom stereocenters. The summed E-state index contributed by atoms with van der Waals surface area (Å²) in [4.78, 5) is 32.4. The number of hydrogen-bond donors (Lipinski definition) is 2. The van der Waals surface area contributed by atoms with Crippen LogP contribution in [0, 0.1) is 0 Å². The summed E-state index contributed by atoms with van der Waals surface area (Å²) in [7, 11) is 0. The van der Waals surface area contributed by atoms with E-state index in [1.54, 1.807) is 37.3 Å². The van der Waals surface area contributed by atoms with Crippen LogP contribution in [0.25, 0.3) is 0 Å². The van der Waals surface area contributed by atoms with E-state index in [4.69, 9.17) is 4.74 Å². The molecule has 29 heavy (non-hydrogen) atoms. The van der Waals surface area contributed by atoms with Gasteiger partial charge < -0.3 is 15.4 Å². The number of ether oxygens (including phenoxy) is 1. The molecule has 3 rings (SSSR count). The van der Waals surface area contributed by atoms with Gasteiger partial charge in [-0.25, -0.2) is 14.8 Å². The molecule has 1 heterocycles. The van der Waals surface area contributed by atoms with Crippen LogP contribution in [0.5, 0.6) is 0 Å². The number of anilines is 3. The first kappa shape index (κ1) is 20.0. The summed E-state index contributed by atoms with van der Waals surface area (Å²) in [5, 5.41) is 5.92. The van der Waals surface area contributed by atoms with Crippen molar-refractivity contribution in [3.63, 3.8) is 0 Å². The molecule has 1 amide bonds. The molecule has 0 saturated carbocycles. The molecule has 148 valence electrons. The summed E-state index contributed by atoms with van der Waals surface area (Å²) in [6, 6.07) is 16.0. The maximum absolute atomic E-state index is 12.5. The largest absolute Gasteiger partial charge is 0.462 e. The van der Waals surface area contributed by atoms with Crippen LogP contribution >= 0.6 is 0 Å². The van der Waals surface area contributed by atoms with Crippen molar-refractivity contribution in [2.24, 2.45) is 0 Å². The Balaban J connectivity index is 1.67. The third-order valence-corrected chi connectivity index (χ3v) is 4.19. The van der Waals surface area contributed by atoms with E-state index in [-0.39, 0.29) is 17.6 Å². The lowest BCUT2D eigenvalue weighted by molar-refractivity contribution is 0.0526. The molecule has 1 aromatic heterocycles. The van der Waals surface area contributed by atoms with Gasteiger partial charge in [-0.05, 0) is 55.3 Å². The number of aryl methyl sites for hydroxylation is 1. The number of benzene rings is 2. The Kier molecular flexibility index (Phi) is 6.52. The van der Waals surface area contributed by atoms with Gasteiger partial charge in [-0.2, -0.15) is 0 Å². The third kappa shape index (κ3) is 5.38. The van der Waals surface area contributed by atoms with Crippen LogP contribution < -0.4 is 10.6 Å². The highest BCUT2D eigenvalue weighted by Crippen LogP contribution is 2.17. The average molecular weight is 390 g/mol. The van der Waals surface area contributed by atoms with Gasteiger partial charge in [0.25, 0.3) is 5.91 Å². The quantitative estimate of drug-likeness (QED) is 0.587. The van der Waals surface area contributed by atoms with E-state index in [2.05, 4.69) is 27.5 Å². The molecular weight excluding hydrogens is 368 g/mol. The molecular formula is C22H22N4O3. The van der Waals surface area contributed by atoms with Gasteiger partial charge in [0.15, 0.2) is 0 Å². The van der Waals surface area contributed by atoms with Crippen LogP contribution in [0.2, 0.25) is 0 Å². The normalized spacial score (nSPS) is 10.3. The maximum Gasteiger partial charge on any atom is 0.338 e. The minimum atomic E-state index is -0.369. The summed E-state index contributed by atoms with van der Waals surface area (Å²) < 4.78 is 4.97. The first-order valence-electron chi connectivity index (χ1n) is 9.35. The van der Waals surface area contributed by atoms with Crippen molar-refractivity contribution in [3.05, 3.63) is 77.7 Å². The SMILES string of the molecule is CCOC(=O)c1ccc(Nc2cc(C(=O)Nc3ccc(CC)cc3)ncn2)cc1. The lowest BCUT2D eigenvalue weighted by atomic mass is 10.1. The zero-order valence-corrected chi connectivity index (χ0v) is 16.3. The Labute approximate surface area is 169 Å². The fourth-order valence-electron chi connectivity index (χ4n) is 2.62. The van der Waals surface area contributed by atoms with E-state index in [9.17, 15) is 9.59 Å². The van der Waals surface area contributed by atoms with Gasteiger partial charge in [0.05, 0.1) is 12.2 Å². The molecule has 0 aliphatic carbocycles. The Morgan fingerprint density at radius 3 is 2.28 bits per heavy atom. The lowest BCUT2D eigenvalue weighted by Gasteiger charge is -2.09. The molecule has 0 spiro atoms. The fourth-order valence-corrected chi connectivity index (χ4v) is 2.62. The Morgan fingerprint density at radius 1 is 0.931 bits per heavy atom. The number of carbonyl (C=O) groups is 2. The van der Waals surface area contributed by atoms with E-state index in [0.717, 1.165) is 12.1 Å². The zero-order valence-electron chi connectivity index (χ0n) is 16.3. The van der Waals surface area contributed by atoms with Gasteiger partial charge in [-0.15, -0.1) is 0 Å². The highest BCUT2D eigenvalue weighted by Gasteiger charge is 2.10. The summed E-state index contributed by atoms with van der Waals surface area (Å²) in [6.45, 7) is 4.16. The van der Waals surface area contributed by atoms with Crippen LogP contribution in [0.3, 0.4) is 0 Å². The Morgan fingerprint density at radius 2 is 1.62 bits per heavy atom. The summed E-state index contributed by atoms with van der Waals surface area (Å²) in [5.41, 5.74) is 3.33. The second kappa shape index (κ2) is 9.45. The van der Waals surface area contributed by atoms with Crippen LogP contribution in [-0.2, 0) is 11.2 Å². The molecule has 0 radical (unpaired) electrons. The maximum atomic E-state index is 12.5. The van der Waals surface area contributed by atoms with Crippen molar-refractivity contribution < 1.29 is 14.3 Å². The minimum absolute atomic E-state index is 0.241. The van der Waals surface area contributed by atoms with Gasteiger partial charge in [-0.1, -0.05) is 19.1 Å². The number of nitrogens with one attached hydrogen (secondary N) is 2. The smallest absolute Gasteiger partial charge is 0.338 e. The number of nitrogens with zero attached hydrogens (tertiary/aromatic N) is 2. The van der Waals surface area contributed by atoms with Crippen molar-refractivity contribution in [1.29, 1.82) is 0 Å². The van der Waals surface area contributed by atoms with Crippen LogP contribution in [0.1, 0.15) is 40.3 Å². The second-order valence-corrected chi connectivity index (χ2v) is 6.22. The van der Waals surface area contributed by atoms with Gasteiger partial charge in [-0.3, -0.25) is 4.79 Å². The standard InChI is InChI=1S/C22H22N4O3/c1-3-15-5-9-18(10-6-15)26-21(27)19-13-20(24-14-23-19)25-17-11-7-16(8-12-17)22(28)29-4-2/h5-14H,3-4H2,1-2H3,(H,26,27)(H,23,24,25). The molecule has 0 aliphatic rings. The third-order valence-electron chi connectivity index (χ3n) is 4.19. The number of esters is 1. The van der Waals surface area contributed by atoms with Crippen LogP contribution in [0.4, 0.5) is 17.2 Å². The second-order valence-electron chi connectivity index (χ2n) is 6.22. The number of hydrogen-bond acceptors (Lipinski definition) is 6. The Hall–Kier alpha value is -3.74. The van der Waals surface area contributed by atoms with Crippen molar-refractivity contribution >= 4 is 29.1 Å². The first-order valence-corrected chi connectivity index (χ1v) is 9.35. The van der Waals surface area contributed by atoms with Gasteiger partial charge in [0.1, 0.15) is 17.8 Å². The molecule has 0 fully saturated rings. The van der Waals surface area contributed by atoms with Gasteiger partial charge in [0, 0.05) is 17.4 Å². The van der Waals surface area contributed by atoms with Crippen molar-refractivity contribution in [1.82, 2.24) is 9.97 Å². The molecule has 7 nitrogen and oxygen atoms in total. The zero-order chi connectivity index (χ0) is 20.6. The van der Waals surface area contributed by atoms with Crippen molar-refractivity contribution in [3.8, 4) is 0 Å². The number of carbonyl (C=O) groups excluding carboxylic acids is 2. The summed E-state index contributed by atoms with van der Waals surface area (Å²) in [6.07, 6.45) is 2.26. The van der Waals surface area contributed by atoms with Gasteiger partial charge >= 0.3 is 5.97 Å². The topological polar surface area (TPSA) is 93.2 Å². The minimum Gasteiger partial charge on any atom is -0.462 e. The molecule has 0 saturated heterocycles. The predicted molar refractivity (Wildman–Crippen MR) is 111 cm³/mol. The number of rotatable bonds is 7. The summed E-state index contributed by atoms with van der Waals surface area (Å²) in [5.74, 6) is -0.222. The predicted octanol–water partition coefficient (Wildman–Crippen LogP) is 4.21.